The van der Waals surface area contributed by atoms with Gasteiger partial charge in [0, 0.05) is 13.0 Å². The van der Waals surface area contributed by atoms with Gasteiger partial charge >= 0.3 is 0 Å². The highest BCUT2D eigenvalue weighted by Gasteiger charge is 2.15. The topological polar surface area (TPSA) is 33.3 Å². The van der Waals surface area contributed by atoms with E-state index < -0.39 is 0 Å². The van der Waals surface area contributed by atoms with Gasteiger partial charge < -0.3 is 9.84 Å². The van der Waals surface area contributed by atoms with E-state index in [0.717, 1.165) is 11.3 Å². The van der Waals surface area contributed by atoms with Gasteiger partial charge in [0.25, 0.3) is 0 Å². The average Bonchev–Trinajstić information content (AvgIpc) is 2.43. The lowest BCUT2D eigenvalue weighted by atomic mass is 10.0. The molecular weight excluding hydrogens is 250 g/mol. The number of hydrogen-bond donors (Lipinski definition) is 1. The molecule has 0 aliphatic carbocycles. The Labute approximate surface area is 120 Å². The maximum absolute atomic E-state index is 9.87. The van der Waals surface area contributed by atoms with Crippen molar-refractivity contribution in [2.24, 2.45) is 7.05 Å². The third kappa shape index (κ3) is 3.10. The Balaban J connectivity index is 2.11. The number of aromatic nitrogens is 1. The molecule has 0 bridgehead atoms. The van der Waals surface area contributed by atoms with Crippen LogP contribution in [-0.4, -0.2) is 5.11 Å². The highest BCUT2D eigenvalue weighted by atomic mass is 16.5. The van der Waals surface area contributed by atoms with Crippen molar-refractivity contribution in [2.45, 2.75) is 33.3 Å². The van der Waals surface area contributed by atoms with Crippen molar-refractivity contribution in [3.05, 3.63) is 53.3 Å². The van der Waals surface area contributed by atoms with Gasteiger partial charge in [-0.05, 0) is 17.0 Å². The fourth-order valence-electron chi connectivity index (χ4n) is 2.05. The minimum absolute atomic E-state index is 0.180. The van der Waals surface area contributed by atoms with E-state index in [4.69, 9.17) is 4.74 Å². The van der Waals surface area contributed by atoms with E-state index in [9.17, 15) is 5.11 Å². The third-order valence-corrected chi connectivity index (χ3v) is 3.58. The molecule has 0 spiro atoms. The minimum atomic E-state index is 0.180. The van der Waals surface area contributed by atoms with E-state index in [2.05, 4.69) is 38.1 Å². The molecule has 2 aromatic rings. The van der Waals surface area contributed by atoms with E-state index in [1.165, 1.54) is 5.56 Å². The summed E-state index contributed by atoms with van der Waals surface area (Å²) in [5.41, 5.74) is 3.32. The van der Waals surface area contributed by atoms with Crippen molar-refractivity contribution in [1.82, 2.24) is 0 Å². The molecule has 0 fully saturated rings. The summed E-state index contributed by atoms with van der Waals surface area (Å²) in [5, 5.41) is 9.87. The van der Waals surface area contributed by atoms with Crippen LogP contribution in [0.4, 0.5) is 0 Å². The van der Waals surface area contributed by atoms with E-state index in [-0.39, 0.29) is 5.75 Å². The predicted molar refractivity (Wildman–Crippen MR) is 78.9 cm³/mol. The Morgan fingerprint density at radius 2 is 1.80 bits per heavy atom. The Bertz CT molecular complexity index is 589. The van der Waals surface area contributed by atoms with Crippen molar-refractivity contribution >= 4 is 0 Å². The van der Waals surface area contributed by atoms with E-state index in [1.807, 2.05) is 24.7 Å². The summed E-state index contributed by atoms with van der Waals surface area (Å²) in [6.07, 6.45) is 1.81. The summed E-state index contributed by atoms with van der Waals surface area (Å²) in [4.78, 5) is 0. The molecule has 0 atom stereocenters. The largest absolute Gasteiger partial charge is 0.504 e. The number of aromatic hydroxyl groups is 1. The zero-order valence-corrected chi connectivity index (χ0v) is 12.6. The molecule has 2 rings (SSSR count). The fourth-order valence-corrected chi connectivity index (χ4v) is 2.05. The van der Waals surface area contributed by atoms with Crippen LogP contribution in [0.15, 0.2) is 36.5 Å². The predicted octanol–water partition coefficient (Wildman–Crippen LogP) is 3.23. The van der Waals surface area contributed by atoms with Crippen LogP contribution in [0.3, 0.4) is 0 Å². The number of benzene rings is 1. The minimum Gasteiger partial charge on any atom is -0.504 e. The first kappa shape index (κ1) is 14.4. The molecule has 3 heteroatoms. The highest BCUT2D eigenvalue weighted by molar-refractivity contribution is 5.38. The second-order valence-electron chi connectivity index (χ2n) is 5.41. The number of pyridine rings is 1. The lowest BCUT2D eigenvalue weighted by Crippen LogP contribution is -2.31. The number of hydrogen-bond acceptors (Lipinski definition) is 2. The van der Waals surface area contributed by atoms with Crippen molar-refractivity contribution in [1.29, 1.82) is 0 Å². The number of rotatable bonds is 4. The Morgan fingerprint density at radius 1 is 1.15 bits per heavy atom. The van der Waals surface area contributed by atoms with Gasteiger partial charge in [0.05, 0.1) is 0 Å². The highest BCUT2D eigenvalue weighted by Crippen LogP contribution is 2.27. The zero-order valence-electron chi connectivity index (χ0n) is 12.6. The van der Waals surface area contributed by atoms with E-state index in [1.54, 1.807) is 6.07 Å². The number of nitrogens with zero attached hydrogens (tertiary/aromatic N) is 1. The molecular formula is C17H22NO2+. The van der Waals surface area contributed by atoms with Crippen molar-refractivity contribution in [2.75, 3.05) is 0 Å². The smallest absolute Gasteiger partial charge is 0.229 e. The monoisotopic (exact) mass is 272 g/mol. The fraction of sp³-hybridized carbons (Fsp3) is 0.353. The quantitative estimate of drug-likeness (QED) is 0.867. The molecule has 0 aliphatic rings. The molecule has 0 amide bonds. The standard InChI is InChI=1S/C17H21NO2/c1-12(2)15-7-5-14(6-8-15)11-20-17-13(3)18(4)10-9-16(17)19/h5-10,12H,11H2,1-4H3/p+1. The summed E-state index contributed by atoms with van der Waals surface area (Å²) in [7, 11) is 1.93. The first-order chi connectivity index (χ1) is 9.49. The Kier molecular flexibility index (Phi) is 4.28. The molecule has 0 aliphatic heterocycles. The SMILES string of the molecule is Cc1c(OCc2ccc(C(C)C)cc2)c(O)cc[n+]1C. The van der Waals surface area contributed by atoms with Gasteiger partial charge in [-0.25, -0.2) is 4.57 Å². The summed E-state index contributed by atoms with van der Waals surface area (Å²) in [6, 6.07) is 10.0. The van der Waals surface area contributed by atoms with Gasteiger partial charge in [-0.1, -0.05) is 38.1 Å². The molecule has 0 saturated heterocycles. The van der Waals surface area contributed by atoms with Gasteiger partial charge in [0.15, 0.2) is 11.9 Å². The second kappa shape index (κ2) is 5.95. The zero-order chi connectivity index (χ0) is 14.7. The normalized spacial score (nSPS) is 10.8. The average molecular weight is 272 g/mol. The summed E-state index contributed by atoms with van der Waals surface area (Å²) >= 11 is 0. The summed E-state index contributed by atoms with van der Waals surface area (Å²) < 4.78 is 7.69. The van der Waals surface area contributed by atoms with Gasteiger partial charge in [0.1, 0.15) is 13.7 Å². The van der Waals surface area contributed by atoms with Crippen LogP contribution in [0.25, 0.3) is 0 Å². The summed E-state index contributed by atoms with van der Waals surface area (Å²) in [6.45, 7) is 6.74. The lowest BCUT2D eigenvalue weighted by Gasteiger charge is -2.10. The third-order valence-electron chi connectivity index (χ3n) is 3.58. The lowest BCUT2D eigenvalue weighted by molar-refractivity contribution is -0.678. The first-order valence-electron chi connectivity index (χ1n) is 6.89. The molecule has 1 heterocycles. The maximum Gasteiger partial charge on any atom is 0.229 e. The number of aryl methyl sites for hydroxylation is 1. The van der Waals surface area contributed by atoms with Crippen LogP contribution in [0.5, 0.6) is 11.5 Å². The van der Waals surface area contributed by atoms with Crippen molar-refractivity contribution in [3.63, 3.8) is 0 Å². The van der Waals surface area contributed by atoms with E-state index in [0.29, 0.717) is 18.3 Å². The van der Waals surface area contributed by atoms with Crippen molar-refractivity contribution in [3.8, 4) is 11.5 Å². The second-order valence-corrected chi connectivity index (χ2v) is 5.41. The van der Waals surface area contributed by atoms with Crippen LogP contribution in [0.2, 0.25) is 0 Å². The summed E-state index contributed by atoms with van der Waals surface area (Å²) in [5.74, 6) is 1.26. The molecule has 20 heavy (non-hydrogen) atoms. The van der Waals surface area contributed by atoms with E-state index >= 15 is 0 Å². The molecule has 3 nitrogen and oxygen atoms in total. The Morgan fingerprint density at radius 3 is 2.40 bits per heavy atom. The molecule has 1 aromatic heterocycles. The van der Waals surface area contributed by atoms with Gasteiger partial charge in [-0.15, -0.1) is 0 Å². The maximum atomic E-state index is 9.87. The Hall–Kier alpha value is -2.03. The van der Waals surface area contributed by atoms with Gasteiger partial charge in [-0.2, -0.15) is 0 Å². The van der Waals surface area contributed by atoms with Gasteiger partial charge in [-0.3, -0.25) is 0 Å². The molecule has 1 N–H and O–H groups in total. The van der Waals surface area contributed by atoms with Crippen LogP contribution in [-0.2, 0) is 13.7 Å². The van der Waals surface area contributed by atoms with Crippen molar-refractivity contribution < 1.29 is 14.4 Å². The number of ether oxygens (including phenoxy) is 1. The molecule has 0 unspecified atom stereocenters. The van der Waals surface area contributed by atoms with Gasteiger partial charge in [0.2, 0.25) is 11.4 Å². The van der Waals surface area contributed by atoms with Crippen LogP contribution < -0.4 is 9.30 Å². The molecule has 0 saturated carbocycles. The van der Waals surface area contributed by atoms with Crippen LogP contribution in [0, 0.1) is 6.92 Å². The molecule has 106 valence electrons. The van der Waals surface area contributed by atoms with Crippen LogP contribution >= 0.6 is 0 Å². The molecule has 0 radical (unpaired) electrons. The molecule has 1 aromatic carbocycles. The first-order valence-corrected chi connectivity index (χ1v) is 6.89. The van der Waals surface area contributed by atoms with Crippen LogP contribution in [0.1, 0.15) is 36.6 Å².